The highest BCUT2D eigenvalue weighted by molar-refractivity contribution is 7.82. The van der Waals surface area contributed by atoms with Gasteiger partial charge < -0.3 is 33.7 Å². The first-order valence-electron chi connectivity index (χ1n) is 10.1. The number of thiol groups is 1. The van der Waals surface area contributed by atoms with Crippen molar-refractivity contribution in [3.8, 4) is 0 Å². The fourth-order valence-corrected chi connectivity index (χ4v) is 3.81. The zero-order chi connectivity index (χ0) is 26.2. The second-order valence-corrected chi connectivity index (χ2v) is 8.18. The van der Waals surface area contributed by atoms with Crippen LogP contribution in [0.3, 0.4) is 0 Å². The van der Waals surface area contributed by atoms with E-state index < -0.39 is 77.8 Å². The molecule has 0 aromatic heterocycles. The van der Waals surface area contributed by atoms with Gasteiger partial charge in [0.25, 0.3) is 0 Å². The lowest BCUT2D eigenvalue weighted by molar-refractivity contribution is -0.223. The summed E-state index contributed by atoms with van der Waals surface area (Å²) in [6.07, 6.45) is -6.02. The van der Waals surface area contributed by atoms with E-state index in [1.807, 2.05) is 0 Å². The van der Waals surface area contributed by atoms with Crippen LogP contribution in [0.1, 0.15) is 41.0 Å². The molecular weight excluding hydrogens is 478 g/mol. The largest absolute Gasteiger partial charge is 0.466 e. The van der Waals surface area contributed by atoms with Crippen molar-refractivity contribution in [3.63, 3.8) is 0 Å². The number of carbonyl (C=O) groups excluding carboxylic acids is 6. The van der Waals surface area contributed by atoms with Crippen molar-refractivity contribution >= 4 is 48.4 Å². The molecule has 13 nitrogen and oxygen atoms in total. The predicted octanol–water partition coefficient (Wildman–Crippen LogP) is -0.563. The van der Waals surface area contributed by atoms with Gasteiger partial charge in [0.15, 0.2) is 12.2 Å². The molecule has 0 spiro atoms. The summed E-state index contributed by atoms with van der Waals surface area (Å²) < 4.78 is 31.4. The van der Waals surface area contributed by atoms with Crippen LogP contribution >= 0.6 is 12.6 Å². The van der Waals surface area contributed by atoms with Crippen LogP contribution in [-0.2, 0) is 57.2 Å². The lowest BCUT2D eigenvalue weighted by Crippen LogP contribution is -2.67. The van der Waals surface area contributed by atoms with E-state index in [1.165, 1.54) is 6.92 Å². The van der Waals surface area contributed by atoms with Crippen molar-refractivity contribution in [2.24, 2.45) is 0 Å². The molecule has 0 unspecified atom stereocenters. The zero-order valence-corrected chi connectivity index (χ0v) is 20.5. The van der Waals surface area contributed by atoms with Crippen LogP contribution in [0.5, 0.6) is 0 Å². The average molecular weight is 508 g/mol. The molecular formula is C20H29NO12S. The predicted molar refractivity (Wildman–Crippen MR) is 114 cm³/mol. The van der Waals surface area contributed by atoms with Gasteiger partial charge in [0, 0.05) is 41.0 Å². The number of hydrogen-bond acceptors (Lipinski definition) is 13. The number of rotatable bonds is 9. The first-order chi connectivity index (χ1) is 15.7. The van der Waals surface area contributed by atoms with Crippen LogP contribution < -0.4 is 5.32 Å². The molecule has 1 N–H and O–H groups in total. The summed E-state index contributed by atoms with van der Waals surface area (Å²) in [7, 11) is 1.07. The molecule has 0 aliphatic carbocycles. The number of ether oxygens (including phenoxy) is 6. The third-order valence-electron chi connectivity index (χ3n) is 4.52. The highest BCUT2D eigenvalue weighted by Crippen LogP contribution is 2.38. The molecule has 0 radical (unpaired) electrons. The van der Waals surface area contributed by atoms with E-state index in [9.17, 15) is 28.8 Å². The molecule has 0 saturated carbocycles. The van der Waals surface area contributed by atoms with E-state index in [1.54, 1.807) is 0 Å². The minimum atomic E-state index is -2.02. The summed E-state index contributed by atoms with van der Waals surface area (Å²) in [4.78, 5) is 69.3. The maximum Gasteiger partial charge on any atom is 0.348 e. The Kier molecular flexibility index (Phi) is 10.8. The van der Waals surface area contributed by atoms with Crippen LogP contribution in [-0.4, -0.2) is 84.9 Å². The van der Waals surface area contributed by atoms with Crippen molar-refractivity contribution in [3.05, 3.63) is 0 Å². The number of carbonyl (C=O) groups is 6. The molecule has 34 heavy (non-hydrogen) atoms. The smallest absolute Gasteiger partial charge is 0.348 e. The summed E-state index contributed by atoms with van der Waals surface area (Å²) in [5.74, 6) is -4.69. The summed E-state index contributed by atoms with van der Waals surface area (Å²) in [6.45, 7) is 4.95. The Hall–Kier alpha value is -2.87. The molecule has 14 heteroatoms. The van der Waals surface area contributed by atoms with E-state index >= 15 is 0 Å². The Morgan fingerprint density at radius 3 is 2.00 bits per heavy atom. The topological polar surface area (TPSA) is 170 Å². The normalized spacial score (nSPS) is 25.7. The monoisotopic (exact) mass is 507 g/mol. The Labute approximate surface area is 201 Å². The minimum absolute atomic E-state index is 0.348. The van der Waals surface area contributed by atoms with Gasteiger partial charge in [0.05, 0.1) is 13.2 Å². The fourth-order valence-electron chi connectivity index (χ4n) is 3.41. The molecule has 1 saturated heterocycles. The van der Waals surface area contributed by atoms with Gasteiger partial charge in [-0.15, -0.1) is 12.6 Å². The quantitative estimate of drug-likeness (QED) is 0.232. The third kappa shape index (κ3) is 8.48. The molecule has 1 fully saturated rings. The molecule has 1 aliphatic heterocycles. The molecule has 1 heterocycles. The standard InChI is InChI=1S/C20H29NO12S/c1-9(22)21-16-14(30-11(3)24)7-20(34,19(27)28-6)33-18(16)17(32-13(5)26)15(31-12(4)25)8-29-10(2)23/h14-18,34H,7-8H2,1-6H3,(H,21,22)/t14-,15+,16+,17+,18+,20+/m0/s1. The van der Waals surface area contributed by atoms with Gasteiger partial charge in [0.2, 0.25) is 10.8 Å². The van der Waals surface area contributed by atoms with Crippen LogP contribution in [0.2, 0.25) is 0 Å². The summed E-state index contributed by atoms with van der Waals surface area (Å²) in [6, 6.07) is -1.20. The van der Waals surface area contributed by atoms with Gasteiger partial charge in [0.1, 0.15) is 18.8 Å². The summed E-state index contributed by atoms with van der Waals surface area (Å²) >= 11 is 4.27. The Bertz CT molecular complexity index is 817. The molecule has 192 valence electrons. The Morgan fingerprint density at radius 1 is 0.971 bits per heavy atom. The lowest BCUT2D eigenvalue weighted by atomic mass is 9.89. The fraction of sp³-hybridized carbons (Fsp3) is 0.700. The molecule has 1 aliphatic rings. The molecule has 1 amide bonds. The second kappa shape index (κ2) is 12.6. The zero-order valence-electron chi connectivity index (χ0n) is 19.6. The van der Waals surface area contributed by atoms with Crippen LogP contribution in [0.25, 0.3) is 0 Å². The van der Waals surface area contributed by atoms with E-state index in [0.717, 1.165) is 34.8 Å². The molecule has 1 rings (SSSR count). The van der Waals surface area contributed by atoms with E-state index in [-0.39, 0.29) is 6.42 Å². The number of amides is 1. The van der Waals surface area contributed by atoms with Crippen molar-refractivity contribution in [1.29, 1.82) is 0 Å². The van der Waals surface area contributed by atoms with E-state index in [4.69, 9.17) is 28.4 Å². The number of nitrogens with one attached hydrogen (secondary N) is 1. The Balaban J connectivity index is 3.64. The highest BCUT2D eigenvalue weighted by atomic mass is 32.1. The van der Waals surface area contributed by atoms with Crippen LogP contribution in [0.4, 0.5) is 0 Å². The maximum absolute atomic E-state index is 12.5. The van der Waals surface area contributed by atoms with Gasteiger partial charge in [-0.2, -0.15) is 0 Å². The van der Waals surface area contributed by atoms with Gasteiger partial charge in [-0.3, -0.25) is 24.0 Å². The lowest BCUT2D eigenvalue weighted by Gasteiger charge is -2.47. The van der Waals surface area contributed by atoms with Crippen molar-refractivity contribution < 1.29 is 57.2 Å². The summed E-state index contributed by atoms with van der Waals surface area (Å²) in [5.41, 5.74) is 0. The van der Waals surface area contributed by atoms with Gasteiger partial charge >= 0.3 is 29.8 Å². The van der Waals surface area contributed by atoms with E-state index in [2.05, 4.69) is 17.9 Å². The van der Waals surface area contributed by atoms with Gasteiger partial charge in [-0.25, -0.2) is 4.79 Å². The van der Waals surface area contributed by atoms with Crippen molar-refractivity contribution in [1.82, 2.24) is 5.32 Å². The van der Waals surface area contributed by atoms with E-state index in [0.29, 0.717) is 0 Å². The van der Waals surface area contributed by atoms with Gasteiger partial charge in [-0.05, 0) is 0 Å². The Morgan fingerprint density at radius 2 is 1.56 bits per heavy atom. The SMILES string of the molecule is COC(=O)[C@]1(S)C[C@H](OC(C)=O)[C@@H](NC(C)=O)[C@H]([C@H](OC(C)=O)[C@@H](COC(C)=O)OC(C)=O)O1. The second-order valence-electron chi connectivity index (χ2n) is 7.46. The molecule has 0 aromatic rings. The van der Waals surface area contributed by atoms with Gasteiger partial charge in [-0.1, -0.05) is 0 Å². The third-order valence-corrected chi connectivity index (χ3v) is 4.99. The minimum Gasteiger partial charge on any atom is -0.466 e. The number of esters is 5. The summed E-state index contributed by atoms with van der Waals surface area (Å²) in [5, 5.41) is 2.54. The first kappa shape index (κ1) is 29.2. The van der Waals surface area contributed by atoms with Crippen molar-refractivity contribution in [2.75, 3.05) is 13.7 Å². The first-order valence-corrected chi connectivity index (χ1v) is 10.6. The van der Waals surface area contributed by atoms with Crippen LogP contribution in [0.15, 0.2) is 0 Å². The number of hydrogen-bond donors (Lipinski definition) is 2. The number of methoxy groups -OCH3 is 1. The molecule has 0 aromatic carbocycles. The molecule has 0 bridgehead atoms. The highest BCUT2D eigenvalue weighted by Gasteiger charge is 2.56. The van der Waals surface area contributed by atoms with Crippen molar-refractivity contribution in [2.45, 2.75) is 76.4 Å². The maximum atomic E-state index is 12.5. The average Bonchev–Trinajstić information content (AvgIpc) is 2.69. The molecule has 6 atom stereocenters. The van der Waals surface area contributed by atoms with Crippen LogP contribution in [0, 0.1) is 0 Å².